The molecule has 1 heterocycles. The number of amides is 2. The third kappa shape index (κ3) is 4.49. The molecular weight excluding hydrogens is 202 g/mol. The van der Waals surface area contributed by atoms with Crippen molar-refractivity contribution in [3.8, 4) is 0 Å². The molecule has 0 bridgehead atoms. The largest absolute Gasteiger partial charge is 0.335 e. The first-order valence-corrected chi connectivity index (χ1v) is 5.74. The van der Waals surface area contributed by atoms with E-state index >= 15 is 0 Å². The monoisotopic (exact) mass is 223 g/mol. The number of hydrogen-bond acceptors (Lipinski definition) is 2. The number of carbonyl (C=O) groups is 1. The van der Waals surface area contributed by atoms with Gasteiger partial charge in [-0.05, 0) is 12.8 Å². The Bertz CT molecular complexity index is 245. The van der Waals surface area contributed by atoms with Crippen LogP contribution in [0.5, 0.6) is 0 Å². The molecule has 1 fully saturated rings. The minimum Gasteiger partial charge on any atom is -0.335 e. The van der Waals surface area contributed by atoms with Crippen molar-refractivity contribution in [3.63, 3.8) is 0 Å². The van der Waals surface area contributed by atoms with Gasteiger partial charge in [-0.2, -0.15) is 0 Å². The molecule has 2 N–H and O–H groups in total. The zero-order valence-corrected chi connectivity index (χ0v) is 9.74. The minimum absolute atomic E-state index is 0.0953. The molecule has 0 aromatic carbocycles. The van der Waals surface area contributed by atoms with Crippen LogP contribution < -0.4 is 10.6 Å². The smallest absolute Gasteiger partial charge is 0.315 e. The van der Waals surface area contributed by atoms with Crippen LogP contribution in [0.3, 0.4) is 0 Å². The van der Waals surface area contributed by atoms with Gasteiger partial charge >= 0.3 is 6.03 Å². The highest BCUT2D eigenvalue weighted by Gasteiger charge is 2.19. The van der Waals surface area contributed by atoms with E-state index in [2.05, 4.69) is 28.7 Å². The normalized spacial score (nSPS) is 17.8. The van der Waals surface area contributed by atoms with E-state index < -0.39 is 0 Å². The highest BCUT2D eigenvalue weighted by atomic mass is 16.2. The average molecular weight is 223 g/mol. The molecule has 4 heteroatoms. The molecule has 0 aromatic rings. The second-order valence-corrected chi connectivity index (χ2v) is 4.01. The van der Waals surface area contributed by atoms with Crippen LogP contribution in [0.25, 0.3) is 0 Å². The maximum absolute atomic E-state index is 11.4. The van der Waals surface area contributed by atoms with Crippen LogP contribution >= 0.6 is 0 Å². The molecule has 1 aliphatic heterocycles. The Hall–Kier alpha value is -1.29. The van der Waals surface area contributed by atoms with Crippen molar-refractivity contribution >= 4 is 6.03 Å². The number of rotatable bonds is 5. The number of nitrogens with zero attached hydrogens (tertiary/aromatic N) is 1. The maximum Gasteiger partial charge on any atom is 0.315 e. The number of nitrogens with one attached hydrogen (secondary N) is 2. The van der Waals surface area contributed by atoms with Gasteiger partial charge in [0.15, 0.2) is 0 Å². The molecule has 1 saturated heterocycles. The first kappa shape index (κ1) is 12.8. The van der Waals surface area contributed by atoms with Crippen LogP contribution in [0, 0.1) is 0 Å². The van der Waals surface area contributed by atoms with Gasteiger partial charge in [0, 0.05) is 32.2 Å². The molecule has 1 rings (SSSR count). The highest BCUT2D eigenvalue weighted by molar-refractivity contribution is 5.74. The van der Waals surface area contributed by atoms with E-state index in [0.29, 0.717) is 12.6 Å². The lowest BCUT2D eigenvalue weighted by Crippen LogP contribution is -2.47. The van der Waals surface area contributed by atoms with E-state index in [1.807, 2.05) is 6.08 Å². The molecule has 1 aliphatic rings. The Labute approximate surface area is 97.4 Å². The van der Waals surface area contributed by atoms with Crippen LogP contribution in [0.1, 0.15) is 12.8 Å². The van der Waals surface area contributed by atoms with Crippen molar-refractivity contribution in [1.82, 2.24) is 15.5 Å². The van der Waals surface area contributed by atoms with Crippen molar-refractivity contribution < 1.29 is 4.79 Å². The van der Waals surface area contributed by atoms with E-state index in [9.17, 15) is 4.79 Å². The standard InChI is InChI=1S/C12H21N3O/c1-3-7-13-12(16)14-11-5-9-15(8-4-2)10-6-11/h3-4,11H,1-2,5-10H2,(H2,13,14,16). The lowest BCUT2D eigenvalue weighted by molar-refractivity contribution is 0.204. The SMILES string of the molecule is C=CCNC(=O)NC1CCN(CC=C)CC1. The summed E-state index contributed by atoms with van der Waals surface area (Å²) in [6.45, 7) is 10.8. The van der Waals surface area contributed by atoms with E-state index in [-0.39, 0.29) is 6.03 Å². The van der Waals surface area contributed by atoms with E-state index in [1.165, 1.54) is 0 Å². The minimum atomic E-state index is -0.0953. The van der Waals surface area contributed by atoms with Crippen LogP contribution in [-0.2, 0) is 0 Å². The summed E-state index contributed by atoms with van der Waals surface area (Å²) in [7, 11) is 0. The summed E-state index contributed by atoms with van der Waals surface area (Å²) in [5, 5.41) is 5.68. The van der Waals surface area contributed by atoms with E-state index in [4.69, 9.17) is 0 Å². The van der Waals surface area contributed by atoms with Gasteiger partial charge in [-0.15, -0.1) is 13.2 Å². The molecule has 0 aliphatic carbocycles. The fourth-order valence-corrected chi connectivity index (χ4v) is 1.84. The number of hydrogen-bond donors (Lipinski definition) is 2. The molecule has 0 unspecified atom stereocenters. The Morgan fingerprint density at radius 1 is 1.31 bits per heavy atom. The van der Waals surface area contributed by atoms with Gasteiger partial charge in [0.05, 0.1) is 0 Å². The van der Waals surface area contributed by atoms with Gasteiger partial charge < -0.3 is 10.6 Å². The van der Waals surface area contributed by atoms with Crippen molar-refractivity contribution in [1.29, 1.82) is 0 Å². The Balaban J connectivity index is 2.18. The van der Waals surface area contributed by atoms with Crippen LogP contribution in [0.2, 0.25) is 0 Å². The van der Waals surface area contributed by atoms with Crippen molar-refractivity contribution in [3.05, 3.63) is 25.3 Å². The molecule has 0 saturated carbocycles. The first-order chi connectivity index (χ1) is 7.76. The Morgan fingerprint density at radius 3 is 2.56 bits per heavy atom. The molecule has 0 atom stereocenters. The third-order valence-electron chi connectivity index (χ3n) is 2.72. The van der Waals surface area contributed by atoms with Crippen LogP contribution in [0.4, 0.5) is 4.79 Å². The number of carbonyl (C=O) groups excluding carboxylic acids is 1. The van der Waals surface area contributed by atoms with Crippen LogP contribution in [0.15, 0.2) is 25.3 Å². The van der Waals surface area contributed by atoms with E-state index in [1.54, 1.807) is 6.08 Å². The van der Waals surface area contributed by atoms with Gasteiger partial charge in [-0.1, -0.05) is 12.2 Å². The van der Waals surface area contributed by atoms with Crippen molar-refractivity contribution in [2.45, 2.75) is 18.9 Å². The zero-order chi connectivity index (χ0) is 11.8. The van der Waals surface area contributed by atoms with Crippen LogP contribution in [-0.4, -0.2) is 43.2 Å². The van der Waals surface area contributed by atoms with Gasteiger partial charge in [0.1, 0.15) is 0 Å². The summed E-state index contributed by atoms with van der Waals surface area (Å²) in [5.41, 5.74) is 0. The maximum atomic E-state index is 11.4. The molecule has 0 radical (unpaired) electrons. The molecule has 4 nitrogen and oxygen atoms in total. The highest BCUT2D eigenvalue weighted by Crippen LogP contribution is 2.09. The predicted molar refractivity (Wildman–Crippen MR) is 66.4 cm³/mol. The summed E-state index contributed by atoms with van der Waals surface area (Å²) in [6.07, 6.45) is 5.61. The average Bonchev–Trinajstić information content (AvgIpc) is 2.29. The quantitative estimate of drug-likeness (QED) is 0.686. The predicted octanol–water partition coefficient (Wildman–Crippen LogP) is 1.12. The summed E-state index contributed by atoms with van der Waals surface area (Å²) in [4.78, 5) is 13.7. The molecule has 16 heavy (non-hydrogen) atoms. The lowest BCUT2D eigenvalue weighted by Gasteiger charge is -2.31. The number of urea groups is 1. The summed E-state index contributed by atoms with van der Waals surface area (Å²) in [6, 6.07) is 0.202. The van der Waals surface area contributed by atoms with E-state index in [0.717, 1.165) is 32.5 Å². The summed E-state index contributed by atoms with van der Waals surface area (Å²) < 4.78 is 0. The summed E-state index contributed by atoms with van der Waals surface area (Å²) in [5.74, 6) is 0. The molecule has 90 valence electrons. The second-order valence-electron chi connectivity index (χ2n) is 4.01. The topological polar surface area (TPSA) is 44.4 Å². The molecular formula is C12H21N3O. The van der Waals surface area contributed by atoms with Gasteiger partial charge in [0.2, 0.25) is 0 Å². The fraction of sp³-hybridized carbons (Fsp3) is 0.583. The van der Waals surface area contributed by atoms with Crippen molar-refractivity contribution in [2.75, 3.05) is 26.2 Å². The van der Waals surface area contributed by atoms with Gasteiger partial charge in [-0.25, -0.2) is 4.79 Å². The summed E-state index contributed by atoms with van der Waals surface area (Å²) >= 11 is 0. The Morgan fingerprint density at radius 2 is 2.00 bits per heavy atom. The molecule has 0 spiro atoms. The zero-order valence-electron chi connectivity index (χ0n) is 9.74. The number of likely N-dealkylation sites (tertiary alicyclic amines) is 1. The second kappa shape index (κ2) is 7.06. The Kier molecular flexibility index (Phi) is 5.64. The van der Waals surface area contributed by atoms with Crippen molar-refractivity contribution in [2.24, 2.45) is 0 Å². The number of piperidine rings is 1. The lowest BCUT2D eigenvalue weighted by atomic mass is 10.1. The third-order valence-corrected chi connectivity index (χ3v) is 2.72. The molecule has 0 aromatic heterocycles. The van der Waals surface area contributed by atoms with Gasteiger partial charge in [0.25, 0.3) is 0 Å². The van der Waals surface area contributed by atoms with Gasteiger partial charge in [-0.3, -0.25) is 4.90 Å². The fourth-order valence-electron chi connectivity index (χ4n) is 1.84. The first-order valence-electron chi connectivity index (χ1n) is 5.74. The molecule has 2 amide bonds.